The van der Waals surface area contributed by atoms with Crippen LogP contribution in [0.5, 0.6) is 0 Å². The number of nitrogens with zero attached hydrogens (tertiary/aromatic N) is 6. The first-order valence-electron chi connectivity index (χ1n) is 10.1. The van der Waals surface area contributed by atoms with Gasteiger partial charge in [-0.15, -0.1) is 20.4 Å². The molecule has 2 atom stereocenters. The van der Waals surface area contributed by atoms with E-state index in [1.54, 1.807) is 23.2 Å². The Morgan fingerprint density at radius 3 is 1.97 bits per heavy atom. The molecule has 0 aliphatic carbocycles. The van der Waals surface area contributed by atoms with E-state index in [4.69, 9.17) is 23.2 Å². The van der Waals surface area contributed by atoms with Crippen molar-refractivity contribution in [3.8, 4) is 0 Å². The van der Waals surface area contributed by atoms with Crippen LogP contribution < -0.4 is 0 Å². The maximum absolute atomic E-state index is 10.8. The summed E-state index contributed by atoms with van der Waals surface area (Å²) >= 11 is 13.9. The largest absolute Gasteiger partial charge is 0.382 e. The molecular formula is C22H22Cl2N6O2S. The molecule has 4 aromatic rings. The van der Waals surface area contributed by atoms with Gasteiger partial charge in [-0.1, -0.05) is 71.4 Å². The molecule has 2 aromatic carbocycles. The molecule has 0 aliphatic rings. The molecular weight excluding hydrogens is 483 g/mol. The third-order valence-corrected chi connectivity index (χ3v) is 7.12. The molecule has 2 heterocycles. The third-order valence-electron chi connectivity index (χ3n) is 5.32. The van der Waals surface area contributed by atoms with Gasteiger partial charge in [0.2, 0.25) is 0 Å². The molecule has 8 nitrogen and oxygen atoms in total. The molecule has 2 aromatic heterocycles. The second-order valence-corrected chi connectivity index (χ2v) is 9.23. The Morgan fingerprint density at radius 2 is 1.33 bits per heavy atom. The Hall–Kier alpha value is -2.43. The predicted molar refractivity (Wildman–Crippen MR) is 127 cm³/mol. The van der Waals surface area contributed by atoms with Gasteiger partial charge in [-0.05, 0) is 23.3 Å². The first-order valence-corrected chi connectivity index (χ1v) is 11.8. The van der Waals surface area contributed by atoms with E-state index in [0.717, 1.165) is 11.1 Å². The summed E-state index contributed by atoms with van der Waals surface area (Å²) in [6, 6.07) is 15.0. The van der Waals surface area contributed by atoms with Crippen molar-refractivity contribution in [1.82, 2.24) is 29.5 Å². The molecule has 0 fully saturated rings. The van der Waals surface area contributed by atoms with Gasteiger partial charge in [-0.3, -0.25) is 0 Å². The second kappa shape index (κ2) is 10.2. The minimum atomic E-state index is -1.34. The first-order chi connectivity index (χ1) is 15.9. The lowest BCUT2D eigenvalue weighted by Crippen LogP contribution is -2.18. The van der Waals surface area contributed by atoms with Gasteiger partial charge in [0.25, 0.3) is 0 Å². The maximum Gasteiger partial charge on any atom is 0.191 e. The van der Waals surface area contributed by atoms with Crippen LogP contribution in [-0.2, 0) is 26.3 Å². The molecule has 0 spiro atoms. The topological polar surface area (TPSA) is 102 Å². The highest BCUT2D eigenvalue weighted by molar-refractivity contribution is 7.98. The van der Waals surface area contributed by atoms with Crippen LogP contribution in [0.4, 0.5) is 0 Å². The van der Waals surface area contributed by atoms with Gasteiger partial charge in [-0.2, -0.15) is 0 Å². The molecule has 0 saturated heterocycles. The van der Waals surface area contributed by atoms with Gasteiger partial charge in [0, 0.05) is 36.3 Å². The van der Waals surface area contributed by atoms with Crippen molar-refractivity contribution in [1.29, 1.82) is 0 Å². The molecule has 0 bridgehead atoms. The molecule has 0 amide bonds. The van der Waals surface area contributed by atoms with Crippen LogP contribution >= 0.6 is 35.0 Å². The Kier molecular flexibility index (Phi) is 7.35. The molecule has 0 saturated carbocycles. The summed E-state index contributed by atoms with van der Waals surface area (Å²) in [6.07, 6.45) is -2.24. The van der Waals surface area contributed by atoms with Crippen LogP contribution in [0, 0.1) is 0 Å². The maximum atomic E-state index is 10.8. The van der Waals surface area contributed by atoms with Gasteiger partial charge in [-0.25, -0.2) is 0 Å². The number of thioether (sulfide) groups is 1. The Morgan fingerprint density at radius 1 is 0.788 bits per heavy atom. The van der Waals surface area contributed by atoms with Crippen molar-refractivity contribution in [3.05, 3.63) is 87.2 Å². The summed E-state index contributed by atoms with van der Waals surface area (Å²) in [7, 11) is 3.47. The second-order valence-electron chi connectivity index (χ2n) is 7.47. The van der Waals surface area contributed by atoms with E-state index < -0.39 is 12.2 Å². The molecule has 0 unspecified atom stereocenters. The number of aliphatic hydroxyl groups excluding tert-OH is 2. The number of benzene rings is 2. The summed E-state index contributed by atoms with van der Waals surface area (Å²) in [5.74, 6) is 1.65. The van der Waals surface area contributed by atoms with Crippen molar-refractivity contribution in [3.63, 3.8) is 0 Å². The quantitative estimate of drug-likeness (QED) is 0.350. The number of halogens is 2. The molecule has 0 radical (unpaired) electrons. The van der Waals surface area contributed by atoms with Crippen LogP contribution in [0.2, 0.25) is 10.0 Å². The van der Waals surface area contributed by atoms with Crippen LogP contribution in [0.1, 0.15) is 40.8 Å². The molecule has 0 aliphatic heterocycles. The summed E-state index contributed by atoms with van der Waals surface area (Å²) in [5.41, 5.74) is 1.86. The fraction of sp³-hybridized carbons (Fsp3) is 0.273. The zero-order valence-electron chi connectivity index (χ0n) is 17.9. The normalized spacial score (nSPS) is 13.3. The lowest BCUT2D eigenvalue weighted by Gasteiger charge is -2.17. The SMILES string of the molecule is Cn1c(Cc2ccccc2Cl)nnc1[C@@H](O)[C@@H](O)c1nnc(SCc2ccccc2Cl)n1C. The number of hydrogen-bond donors (Lipinski definition) is 2. The van der Waals surface area contributed by atoms with Crippen LogP contribution in [-0.4, -0.2) is 39.7 Å². The highest BCUT2D eigenvalue weighted by Crippen LogP contribution is 2.31. The fourth-order valence-corrected chi connectivity index (χ4v) is 4.75. The van der Waals surface area contributed by atoms with E-state index >= 15 is 0 Å². The van der Waals surface area contributed by atoms with E-state index in [9.17, 15) is 10.2 Å². The van der Waals surface area contributed by atoms with Gasteiger partial charge >= 0.3 is 0 Å². The van der Waals surface area contributed by atoms with Gasteiger partial charge in [0.05, 0.1) is 0 Å². The zero-order valence-corrected chi connectivity index (χ0v) is 20.3. The minimum Gasteiger partial charge on any atom is -0.382 e. The Labute approximate surface area is 205 Å². The summed E-state index contributed by atoms with van der Waals surface area (Å²) < 4.78 is 3.30. The molecule has 11 heteroatoms. The van der Waals surface area contributed by atoms with Crippen molar-refractivity contribution >= 4 is 35.0 Å². The van der Waals surface area contributed by atoms with Crippen LogP contribution in [0.3, 0.4) is 0 Å². The van der Waals surface area contributed by atoms with Crippen molar-refractivity contribution in [2.45, 2.75) is 29.5 Å². The van der Waals surface area contributed by atoms with Crippen molar-refractivity contribution in [2.24, 2.45) is 14.1 Å². The monoisotopic (exact) mass is 504 g/mol. The van der Waals surface area contributed by atoms with Crippen LogP contribution in [0.15, 0.2) is 53.7 Å². The van der Waals surface area contributed by atoms with Gasteiger partial charge in [0.1, 0.15) is 18.0 Å². The summed E-state index contributed by atoms with van der Waals surface area (Å²) in [5, 5.41) is 40.1. The van der Waals surface area contributed by atoms with Crippen molar-refractivity contribution < 1.29 is 10.2 Å². The fourth-order valence-electron chi connectivity index (χ4n) is 3.35. The molecule has 4 rings (SSSR count). The lowest BCUT2D eigenvalue weighted by atomic mass is 10.1. The standard InChI is InChI=1S/C22H22Cl2N6O2S/c1-29-17(11-13-7-3-5-9-15(13)23)25-26-20(29)18(31)19(32)21-27-28-22(30(21)2)33-12-14-8-4-6-10-16(14)24/h3-10,18-19,31-32H,11-12H2,1-2H3/t18-,19+/m0/s1. The smallest absolute Gasteiger partial charge is 0.191 e. The van der Waals surface area contributed by atoms with Gasteiger partial charge in [0.15, 0.2) is 16.8 Å². The van der Waals surface area contributed by atoms with Crippen molar-refractivity contribution in [2.75, 3.05) is 0 Å². The number of rotatable bonds is 8. The van der Waals surface area contributed by atoms with Crippen LogP contribution in [0.25, 0.3) is 0 Å². The predicted octanol–water partition coefficient (Wildman–Crippen LogP) is 3.90. The Bertz CT molecular complexity index is 1260. The van der Waals surface area contributed by atoms with Gasteiger partial charge < -0.3 is 19.3 Å². The third kappa shape index (κ3) is 5.07. The van der Waals surface area contributed by atoms with E-state index in [2.05, 4.69) is 20.4 Å². The van der Waals surface area contributed by atoms with E-state index in [1.165, 1.54) is 11.8 Å². The number of hydrogen-bond acceptors (Lipinski definition) is 7. The van der Waals surface area contributed by atoms with E-state index in [0.29, 0.717) is 33.2 Å². The zero-order chi connectivity index (χ0) is 23.5. The molecule has 2 N–H and O–H groups in total. The highest BCUT2D eigenvalue weighted by Gasteiger charge is 2.30. The number of aliphatic hydroxyl groups is 2. The summed E-state index contributed by atoms with van der Waals surface area (Å²) in [6.45, 7) is 0. The van der Waals surface area contributed by atoms with E-state index in [1.807, 2.05) is 48.5 Å². The average molecular weight is 505 g/mol. The lowest BCUT2D eigenvalue weighted by molar-refractivity contribution is 0.00263. The highest BCUT2D eigenvalue weighted by atomic mass is 35.5. The molecule has 33 heavy (non-hydrogen) atoms. The number of aromatic nitrogens is 6. The molecule has 172 valence electrons. The Balaban J connectivity index is 1.48. The average Bonchev–Trinajstić information content (AvgIpc) is 3.36. The minimum absolute atomic E-state index is 0.220. The first kappa shape index (κ1) is 23.7. The summed E-state index contributed by atoms with van der Waals surface area (Å²) in [4.78, 5) is 0. The van der Waals surface area contributed by atoms with E-state index in [-0.39, 0.29) is 11.6 Å².